The summed E-state index contributed by atoms with van der Waals surface area (Å²) in [5, 5.41) is 0. The third kappa shape index (κ3) is 3.80. The van der Waals surface area contributed by atoms with E-state index in [-0.39, 0.29) is 0 Å². The van der Waals surface area contributed by atoms with Gasteiger partial charge in [0.2, 0.25) is 0 Å². The number of aryl methyl sites for hydroxylation is 1. The standard InChI is InChI=1S/C17H29N3/c1-13(2)15-5-4-9-20(10-8-15)17(11-18)16-7-6-14(3)19-12-16/h6-7,12-13,15,17H,4-5,8-11,18H2,1-3H3. The van der Waals surface area contributed by atoms with Gasteiger partial charge in [-0.05, 0) is 62.7 Å². The van der Waals surface area contributed by atoms with Crippen LogP contribution in [-0.4, -0.2) is 29.5 Å². The van der Waals surface area contributed by atoms with Crippen molar-refractivity contribution in [3.05, 3.63) is 29.6 Å². The van der Waals surface area contributed by atoms with Crippen molar-refractivity contribution in [2.24, 2.45) is 17.6 Å². The first-order valence-corrected chi connectivity index (χ1v) is 7.98. The zero-order valence-electron chi connectivity index (χ0n) is 13.2. The van der Waals surface area contributed by atoms with Crippen LogP contribution in [0.2, 0.25) is 0 Å². The lowest BCUT2D eigenvalue weighted by atomic mass is 9.89. The highest BCUT2D eigenvalue weighted by atomic mass is 15.2. The van der Waals surface area contributed by atoms with Gasteiger partial charge in [0.25, 0.3) is 0 Å². The molecule has 3 nitrogen and oxygen atoms in total. The van der Waals surface area contributed by atoms with Crippen molar-refractivity contribution in [3.8, 4) is 0 Å². The van der Waals surface area contributed by atoms with E-state index in [9.17, 15) is 0 Å². The number of nitrogens with zero attached hydrogens (tertiary/aromatic N) is 2. The van der Waals surface area contributed by atoms with Crippen LogP contribution >= 0.6 is 0 Å². The van der Waals surface area contributed by atoms with Gasteiger partial charge in [-0.3, -0.25) is 9.88 Å². The summed E-state index contributed by atoms with van der Waals surface area (Å²) < 4.78 is 0. The molecule has 2 rings (SSSR count). The van der Waals surface area contributed by atoms with Crippen molar-refractivity contribution in [2.45, 2.75) is 46.1 Å². The predicted molar refractivity (Wildman–Crippen MR) is 84.5 cm³/mol. The first-order valence-electron chi connectivity index (χ1n) is 7.98. The van der Waals surface area contributed by atoms with Crippen molar-refractivity contribution in [1.82, 2.24) is 9.88 Å². The Labute approximate surface area is 123 Å². The fraction of sp³-hybridized carbons (Fsp3) is 0.706. The van der Waals surface area contributed by atoms with Gasteiger partial charge in [-0.25, -0.2) is 0 Å². The molecule has 1 aliphatic heterocycles. The Morgan fingerprint density at radius 3 is 2.70 bits per heavy atom. The normalized spacial score (nSPS) is 22.8. The van der Waals surface area contributed by atoms with Crippen LogP contribution in [0.25, 0.3) is 0 Å². The van der Waals surface area contributed by atoms with Crippen LogP contribution in [-0.2, 0) is 0 Å². The van der Waals surface area contributed by atoms with Crippen molar-refractivity contribution in [1.29, 1.82) is 0 Å². The van der Waals surface area contributed by atoms with Crippen LogP contribution < -0.4 is 5.73 Å². The molecule has 1 saturated heterocycles. The summed E-state index contributed by atoms with van der Waals surface area (Å²) in [6, 6.07) is 4.60. The Balaban J connectivity index is 2.06. The average Bonchev–Trinajstić information content (AvgIpc) is 2.68. The molecule has 112 valence electrons. The van der Waals surface area contributed by atoms with Crippen molar-refractivity contribution in [3.63, 3.8) is 0 Å². The quantitative estimate of drug-likeness (QED) is 0.918. The number of nitrogens with two attached hydrogens (primary N) is 1. The molecule has 0 amide bonds. The highest BCUT2D eigenvalue weighted by Gasteiger charge is 2.24. The minimum Gasteiger partial charge on any atom is -0.329 e. The molecule has 1 aromatic rings. The minimum absolute atomic E-state index is 0.328. The maximum Gasteiger partial charge on any atom is 0.0485 e. The molecule has 2 unspecified atom stereocenters. The molecule has 2 N–H and O–H groups in total. The van der Waals surface area contributed by atoms with E-state index in [2.05, 4.69) is 35.9 Å². The Bertz CT molecular complexity index is 399. The molecule has 1 aromatic heterocycles. The maximum atomic E-state index is 6.05. The fourth-order valence-electron chi connectivity index (χ4n) is 3.30. The second kappa shape index (κ2) is 7.19. The number of likely N-dealkylation sites (tertiary alicyclic amines) is 1. The molecule has 2 atom stereocenters. The Hall–Kier alpha value is -0.930. The lowest BCUT2D eigenvalue weighted by molar-refractivity contribution is 0.203. The maximum absolute atomic E-state index is 6.05. The van der Waals surface area contributed by atoms with E-state index < -0.39 is 0 Å². The van der Waals surface area contributed by atoms with Gasteiger partial charge in [-0.2, -0.15) is 0 Å². The summed E-state index contributed by atoms with van der Waals surface area (Å²) in [5.41, 5.74) is 8.38. The molecule has 0 bridgehead atoms. The number of hydrogen-bond donors (Lipinski definition) is 1. The molecule has 0 aliphatic carbocycles. The van der Waals surface area contributed by atoms with E-state index in [0.717, 1.165) is 17.5 Å². The zero-order valence-corrected chi connectivity index (χ0v) is 13.2. The van der Waals surface area contributed by atoms with Crippen LogP contribution in [0.3, 0.4) is 0 Å². The smallest absolute Gasteiger partial charge is 0.0485 e. The van der Waals surface area contributed by atoms with Crippen molar-refractivity contribution < 1.29 is 0 Å². The van der Waals surface area contributed by atoms with E-state index in [1.54, 1.807) is 0 Å². The molecule has 3 heteroatoms. The summed E-state index contributed by atoms with van der Waals surface area (Å²) >= 11 is 0. The number of pyridine rings is 1. The second-order valence-corrected chi connectivity index (χ2v) is 6.46. The lowest BCUT2D eigenvalue weighted by Crippen LogP contribution is -2.34. The fourth-order valence-corrected chi connectivity index (χ4v) is 3.30. The van der Waals surface area contributed by atoms with E-state index >= 15 is 0 Å². The van der Waals surface area contributed by atoms with Gasteiger partial charge in [0, 0.05) is 24.5 Å². The minimum atomic E-state index is 0.328. The van der Waals surface area contributed by atoms with Gasteiger partial charge in [0.05, 0.1) is 0 Å². The third-order valence-electron chi connectivity index (χ3n) is 4.73. The van der Waals surface area contributed by atoms with Crippen LogP contribution in [0.5, 0.6) is 0 Å². The Kier molecular flexibility index (Phi) is 5.55. The van der Waals surface area contributed by atoms with Gasteiger partial charge in [0.15, 0.2) is 0 Å². The van der Waals surface area contributed by atoms with Gasteiger partial charge in [-0.1, -0.05) is 19.9 Å². The topological polar surface area (TPSA) is 42.1 Å². The largest absolute Gasteiger partial charge is 0.329 e. The molecule has 0 radical (unpaired) electrons. The zero-order chi connectivity index (χ0) is 14.5. The molecule has 0 saturated carbocycles. The highest BCUT2D eigenvalue weighted by molar-refractivity contribution is 5.18. The number of aromatic nitrogens is 1. The van der Waals surface area contributed by atoms with E-state index in [0.29, 0.717) is 12.6 Å². The van der Waals surface area contributed by atoms with Gasteiger partial charge in [-0.15, -0.1) is 0 Å². The number of rotatable bonds is 4. The van der Waals surface area contributed by atoms with Gasteiger partial charge < -0.3 is 5.73 Å². The van der Waals surface area contributed by atoms with E-state index in [1.165, 1.54) is 37.9 Å². The third-order valence-corrected chi connectivity index (χ3v) is 4.73. The van der Waals surface area contributed by atoms with E-state index in [1.807, 2.05) is 13.1 Å². The summed E-state index contributed by atoms with van der Waals surface area (Å²) in [6.45, 7) is 9.74. The predicted octanol–water partition coefficient (Wildman–Crippen LogP) is 3.15. The SMILES string of the molecule is Cc1ccc(C(CN)N2CCCC(C(C)C)CC2)cn1. The van der Waals surface area contributed by atoms with Crippen LogP contribution in [0, 0.1) is 18.8 Å². The average molecular weight is 275 g/mol. The van der Waals surface area contributed by atoms with Crippen LogP contribution in [0.15, 0.2) is 18.3 Å². The summed E-state index contributed by atoms with van der Waals surface area (Å²) in [7, 11) is 0. The molecular formula is C17H29N3. The lowest BCUT2D eigenvalue weighted by Gasteiger charge is -2.30. The van der Waals surface area contributed by atoms with E-state index in [4.69, 9.17) is 5.73 Å². The molecule has 2 heterocycles. The molecule has 1 fully saturated rings. The molecular weight excluding hydrogens is 246 g/mol. The highest BCUT2D eigenvalue weighted by Crippen LogP contribution is 2.28. The molecule has 0 aromatic carbocycles. The van der Waals surface area contributed by atoms with Gasteiger partial charge >= 0.3 is 0 Å². The molecule has 0 spiro atoms. The molecule has 1 aliphatic rings. The number of hydrogen-bond acceptors (Lipinski definition) is 3. The van der Waals surface area contributed by atoms with Gasteiger partial charge in [0.1, 0.15) is 0 Å². The Morgan fingerprint density at radius 1 is 1.30 bits per heavy atom. The van der Waals surface area contributed by atoms with Crippen LogP contribution in [0.4, 0.5) is 0 Å². The Morgan fingerprint density at radius 2 is 2.10 bits per heavy atom. The first kappa shape index (κ1) is 15.5. The molecule has 20 heavy (non-hydrogen) atoms. The first-order chi connectivity index (χ1) is 9.61. The van der Waals surface area contributed by atoms with Crippen molar-refractivity contribution in [2.75, 3.05) is 19.6 Å². The second-order valence-electron chi connectivity index (χ2n) is 6.46. The summed E-state index contributed by atoms with van der Waals surface area (Å²) in [6.07, 6.45) is 5.95. The van der Waals surface area contributed by atoms with Crippen LogP contribution in [0.1, 0.15) is 50.4 Å². The monoisotopic (exact) mass is 275 g/mol. The summed E-state index contributed by atoms with van der Waals surface area (Å²) in [4.78, 5) is 6.99. The summed E-state index contributed by atoms with van der Waals surface area (Å²) in [5.74, 6) is 1.67. The van der Waals surface area contributed by atoms with Crippen molar-refractivity contribution >= 4 is 0 Å².